The molecule has 1 amide bonds. The van der Waals surface area contributed by atoms with Crippen molar-refractivity contribution in [2.24, 2.45) is 5.73 Å². The number of carbonyl (C=O) groups excluding carboxylic acids is 1. The lowest BCUT2D eigenvalue weighted by molar-refractivity contribution is -0.133. The largest absolute Gasteiger partial charge is 0.490 e. The molecule has 2 aliphatic rings. The average molecular weight is 411 g/mol. The summed E-state index contributed by atoms with van der Waals surface area (Å²) in [6.45, 7) is 3.01. The number of hydrogen-bond donors (Lipinski definition) is 1. The predicted octanol–water partition coefficient (Wildman–Crippen LogP) is 3.72. The monoisotopic (exact) mass is 410 g/mol. The summed E-state index contributed by atoms with van der Waals surface area (Å²) in [6.07, 6.45) is 9.62. The molecule has 28 heavy (non-hydrogen) atoms. The van der Waals surface area contributed by atoms with E-state index < -0.39 is 0 Å². The number of hydrogen-bond acceptors (Lipinski definition) is 4. The number of carbonyl (C=O) groups is 1. The fourth-order valence-corrected chi connectivity index (χ4v) is 3.99. The molecule has 0 aromatic heterocycles. The van der Waals surface area contributed by atoms with Gasteiger partial charge in [0.05, 0.1) is 12.2 Å². The van der Waals surface area contributed by atoms with Gasteiger partial charge in [-0.05, 0) is 75.6 Å². The first-order valence-electron chi connectivity index (χ1n) is 10.6. The Labute approximate surface area is 175 Å². The fourth-order valence-electron chi connectivity index (χ4n) is 3.99. The molecular weight excluding hydrogens is 376 g/mol. The highest BCUT2D eigenvalue weighted by molar-refractivity contribution is 5.85. The van der Waals surface area contributed by atoms with Crippen molar-refractivity contribution in [1.29, 1.82) is 0 Å². The summed E-state index contributed by atoms with van der Waals surface area (Å²) in [5.74, 6) is 1.19. The molecule has 1 aromatic carbocycles. The van der Waals surface area contributed by atoms with E-state index in [9.17, 15) is 4.79 Å². The van der Waals surface area contributed by atoms with E-state index in [2.05, 4.69) is 12.1 Å². The van der Waals surface area contributed by atoms with Crippen LogP contribution in [0.2, 0.25) is 0 Å². The molecule has 3 rings (SSSR count). The van der Waals surface area contributed by atoms with Crippen LogP contribution in [0.3, 0.4) is 0 Å². The van der Waals surface area contributed by atoms with Crippen molar-refractivity contribution in [1.82, 2.24) is 4.90 Å². The Morgan fingerprint density at radius 2 is 1.86 bits per heavy atom. The van der Waals surface area contributed by atoms with Crippen molar-refractivity contribution in [3.63, 3.8) is 0 Å². The highest BCUT2D eigenvalue weighted by atomic mass is 35.5. The van der Waals surface area contributed by atoms with Gasteiger partial charge in [-0.25, -0.2) is 0 Å². The molecule has 1 saturated carbocycles. The molecule has 158 valence electrons. The molecule has 0 bridgehead atoms. The predicted molar refractivity (Wildman–Crippen MR) is 114 cm³/mol. The summed E-state index contributed by atoms with van der Waals surface area (Å²) >= 11 is 0. The van der Waals surface area contributed by atoms with Crippen molar-refractivity contribution < 1.29 is 14.3 Å². The molecule has 6 heteroatoms. The van der Waals surface area contributed by atoms with Crippen LogP contribution in [-0.4, -0.2) is 49.3 Å². The topological polar surface area (TPSA) is 64.8 Å². The molecule has 1 aliphatic carbocycles. The van der Waals surface area contributed by atoms with Gasteiger partial charge in [0.15, 0.2) is 0 Å². The lowest BCUT2D eigenvalue weighted by Gasteiger charge is -2.32. The Bertz CT molecular complexity index is 585. The first-order valence-corrected chi connectivity index (χ1v) is 10.6. The Kier molecular flexibility index (Phi) is 10.1. The van der Waals surface area contributed by atoms with Crippen LogP contribution in [0, 0.1) is 0 Å². The standard InChI is InChI=1S/C22H34N2O3.ClH/c23-13-4-16-26-19-11-14-24(15-12-19)22(25)10-9-18-5-3-8-21(17-18)27-20-6-1-2-7-20;/h3,5,8,17,19-20H,1-2,4,6-7,9-16,23H2;1H. The molecule has 5 nitrogen and oxygen atoms in total. The molecule has 0 unspecified atom stereocenters. The first kappa shape index (κ1) is 23.0. The van der Waals surface area contributed by atoms with Crippen molar-refractivity contribution in [2.75, 3.05) is 26.2 Å². The quantitative estimate of drug-likeness (QED) is 0.630. The van der Waals surface area contributed by atoms with Gasteiger partial charge in [-0.2, -0.15) is 0 Å². The molecule has 0 atom stereocenters. The van der Waals surface area contributed by atoms with Gasteiger partial charge in [-0.3, -0.25) is 4.79 Å². The number of amides is 1. The van der Waals surface area contributed by atoms with E-state index in [-0.39, 0.29) is 24.4 Å². The van der Waals surface area contributed by atoms with Crippen LogP contribution < -0.4 is 10.5 Å². The van der Waals surface area contributed by atoms with Gasteiger partial charge in [-0.1, -0.05) is 12.1 Å². The van der Waals surface area contributed by atoms with Crippen LogP contribution in [0.15, 0.2) is 24.3 Å². The maximum atomic E-state index is 12.5. The number of piperidine rings is 1. The zero-order chi connectivity index (χ0) is 18.9. The Morgan fingerprint density at radius 1 is 1.11 bits per heavy atom. The molecule has 2 fully saturated rings. The smallest absolute Gasteiger partial charge is 0.222 e. The van der Waals surface area contributed by atoms with E-state index in [0.29, 0.717) is 19.1 Å². The number of benzene rings is 1. The van der Waals surface area contributed by atoms with Crippen LogP contribution >= 0.6 is 12.4 Å². The zero-order valence-corrected chi connectivity index (χ0v) is 17.6. The third-order valence-electron chi connectivity index (χ3n) is 5.63. The minimum atomic E-state index is 0. The van der Waals surface area contributed by atoms with Gasteiger partial charge >= 0.3 is 0 Å². The normalized spacial score (nSPS) is 18.1. The number of aryl methyl sites for hydroxylation is 1. The summed E-state index contributed by atoms with van der Waals surface area (Å²) in [5.41, 5.74) is 6.68. The van der Waals surface area contributed by atoms with Crippen LogP contribution in [0.1, 0.15) is 56.9 Å². The molecule has 0 spiro atoms. The summed E-state index contributed by atoms with van der Waals surface area (Å²) < 4.78 is 11.9. The Morgan fingerprint density at radius 3 is 2.57 bits per heavy atom. The SMILES string of the molecule is Cl.NCCCOC1CCN(C(=O)CCc2cccc(OC3CCCC3)c2)CC1. The van der Waals surface area contributed by atoms with E-state index in [1.807, 2.05) is 17.0 Å². The fraction of sp³-hybridized carbons (Fsp3) is 0.682. The molecule has 1 aliphatic heterocycles. The number of nitrogens with zero attached hydrogens (tertiary/aromatic N) is 1. The third-order valence-corrected chi connectivity index (χ3v) is 5.63. The molecular formula is C22H35ClN2O3. The van der Waals surface area contributed by atoms with Crippen LogP contribution in [-0.2, 0) is 16.0 Å². The van der Waals surface area contributed by atoms with E-state index in [1.165, 1.54) is 18.4 Å². The molecule has 1 heterocycles. The number of halogens is 1. The van der Waals surface area contributed by atoms with Crippen LogP contribution in [0.4, 0.5) is 0 Å². The lowest BCUT2D eigenvalue weighted by atomic mass is 10.1. The van der Waals surface area contributed by atoms with Gasteiger partial charge in [0.25, 0.3) is 0 Å². The second-order valence-electron chi connectivity index (χ2n) is 7.76. The minimum absolute atomic E-state index is 0. The Balaban J connectivity index is 0.00000280. The summed E-state index contributed by atoms with van der Waals surface area (Å²) in [6, 6.07) is 8.25. The lowest BCUT2D eigenvalue weighted by Crippen LogP contribution is -2.41. The summed E-state index contributed by atoms with van der Waals surface area (Å²) in [4.78, 5) is 14.5. The number of rotatable bonds is 9. The highest BCUT2D eigenvalue weighted by Gasteiger charge is 2.23. The molecule has 1 aromatic rings. The highest BCUT2D eigenvalue weighted by Crippen LogP contribution is 2.25. The van der Waals surface area contributed by atoms with Gasteiger partial charge < -0.3 is 20.1 Å². The second kappa shape index (κ2) is 12.3. The number of likely N-dealkylation sites (tertiary alicyclic amines) is 1. The molecule has 1 saturated heterocycles. The number of ether oxygens (including phenoxy) is 2. The van der Waals surface area contributed by atoms with Gasteiger partial charge in [0.2, 0.25) is 5.91 Å². The zero-order valence-electron chi connectivity index (χ0n) is 16.8. The maximum Gasteiger partial charge on any atom is 0.222 e. The van der Waals surface area contributed by atoms with Crippen LogP contribution in [0.5, 0.6) is 5.75 Å². The first-order chi connectivity index (χ1) is 13.2. The van der Waals surface area contributed by atoms with Crippen molar-refractivity contribution >= 4 is 18.3 Å². The van der Waals surface area contributed by atoms with E-state index >= 15 is 0 Å². The number of nitrogens with two attached hydrogens (primary N) is 1. The van der Waals surface area contributed by atoms with Crippen molar-refractivity contribution in [3.8, 4) is 5.75 Å². The Hall–Kier alpha value is -1.30. The summed E-state index contributed by atoms with van der Waals surface area (Å²) in [5, 5.41) is 0. The van der Waals surface area contributed by atoms with Crippen molar-refractivity contribution in [2.45, 2.75) is 70.0 Å². The van der Waals surface area contributed by atoms with Gasteiger partial charge in [0, 0.05) is 26.1 Å². The van der Waals surface area contributed by atoms with Gasteiger partial charge in [0.1, 0.15) is 5.75 Å². The summed E-state index contributed by atoms with van der Waals surface area (Å²) in [7, 11) is 0. The molecule has 2 N–H and O–H groups in total. The van der Waals surface area contributed by atoms with Crippen LogP contribution in [0.25, 0.3) is 0 Å². The third kappa shape index (κ3) is 7.26. The minimum Gasteiger partial charge on any atom is -0.490 e. The van der Waals surface area contributed by atoms with E-state index in [1.54, 1.807) is 0 Å². The maximum absolute atomic E-state index is 12.5. The van der Waals surface area contributed by atoms with E-state index in [4.69, 9.17) is 15.2 Å². The average Bonchev–Trinajstić information content (AvgIpc) is 3.20. The van der Waals surface area contributed by atoms with Gasteiger partial charge in [-0.15, -0.1) is 12.4 Å². The molecule has 0 radical (unpaired) electrons. The van der Waals surface area contributed by atoms with E-state index in [0.717, 1.165) is 64.0 Å². The van der Waals surface area contributed by atoms with Crippen molar-refractivity contribution in [3.05, 3.63) is 29.8 Å². The second-order valence-corrected chi connectivity index (χ2v) is 7.76.